The minimum Gasteiger partial charge on any atom is -0.480 e. The van der Waals surface area contributed by atoms with Gasteiger partial charge in [0.1, 0.15) is 5.82 Å². The first-order valence-electron chi connectivity index (χ1n) is 2.44. The van der Waals surface area contributed by atoms with Crippen LogP contribution in [0.4, 0.5) is 8.78 Å². The Labute approximate surface area is 56.5 Å². The van der Waals surface area contributed by atoms with Crippen LogP contribution in [0.2, 0.25) is 0 Å². The van der Waals surface area contributed by atoms with Crippen molar-refractivity contribution in [2.24, 2.45) is 0 Å². The topological polar surface area (TPSA) is 22.1 Å². The van der Waals surface area contributed by atoms with E-state index < -0.39 is 11.8 Å². The van der Waals surface area contributed by atoms with E-state index in [0.717, 1.165) is 0 Å². The van der Waals surface area contributed by atoms with Crippen LogP contribution in [0.3, 0.4) is 0 Å². The van der Waals surface area contributed by atoms with E-state index in [1.54, 1.807) is 6.07 Å². The highest BCUT2D eigenvalue weighted by Gasteiger charge is 2.01. The average molecular weight is 143 g/mol. The molecule has 0 atom stereocenters. The van der Waals surface area contributed by atoms with E-state index in [1.165, 1.54) is 7.11 Å². The second-order valence-corrected chi connectivity index (χ2v) is 1.48. The van der Waals surface area contributed by atoms with Gasteiger partial charge in [-0.1, -0.05) is 0 Å². The monoisotopic (exact) mass is 143 g/mol. The zero-order chi connectivity index (χ0) is 7.56. The minimum absolute atomic E-state index is 0.214. The Hall–Kier alpha value is -1.19. The lowest BCUT2D eigenvalue weighted by molar-refractivity contribution is 0.380. The Morgan fingerprint density at radius 3 is 2.60 bits per heavy atom. The number of aromatic nitrogens is 1. The lowest BCUT2D eigenvalue weighted by Crippen LogP contribution is -1.92. The molecule has 0 aliphatic heterocycles. The maximum atomic E-state index is 12.1. The predicted molar refractivity (Wildman–Crippen MR) is 28.4 cm³/mol. The highest BCUT2D eigenvalue weighted by Crippen LogP contribution is 2.07. The molecule has 0 aliphatic carbocycles. The molecule has 10 heavy (non-hydrogen) atoms. The van der Waals surface area contributed by atoms with Gasteiger partial charge in [-0.05, 0) is 0 Å². The first kappa shape index (κ1) is 6.92. The smallest absolute Gasteiger partial charge is 0.227 e. The van der Waals surface area contributed by atoms with Crippen molar-refractivity contribution in [1.29, 1.82) is 0 Å². The second-order valence-electron chi connectivity index (χ2n) is 1.48. The Morgan fingerprint density at radius 2 is 2.10 bits per heavy atom. The predicted octanol–water partition coefficient (Wildman–Crippen LogP) is 0.969. The van der Waals surface area contributed by atoms with Crippen LogP contribution < -0.4 is 4.74 Å². The molecule has 0 bridgehead atoms. The first-order valence-corrected chi connectivity index (χ1v) is 2.44. The summed E-state index contributed by atoms with van der Waals surface area (Å²) in [7, 11) is 1.25. The summed E-state index contributed by atoms with van der Waals surface area (Å²) in [6, 6.07) is 3.67. The van der Waals surface area contributed by atoms with Crippen molar-refractivity contribution in [2.75, 3.05) is 7.11 Å². The molecule has 2 radical (unpaired) electrons. The third-order valence-corrected chi connectivity index (χ3v) is 0.823. The number of rotatable bonds is 1. The van der Waals surface area contributed by atoms with Crippen molar-refractivity contribution in [3.8, 4) is 5.88 Å². The van der Waals surface area contributed by atoms with Crippen molar-refractivity contribution < 1.29 is 13.5 Å². The average Bonchev–Trinajstić information content (AvgIpc) is 1.85. The summed E-state index contributed by atoms with van der Waals surface area (Å²) >= 11 is 0. The number of nitrogens with zero attached hydrogens (tertiary/aromatic N) is 1. The Bertz CT molecular complexity index is 219. The van der Waals surface area contributed by atoms with Gasteiger partial charge in [0.15, 0.2) is 0 Å². The van der Waals surface area contributed by atoms with Crippen LogP contribution >= 0.6 is 0 Å². The molecule has 1 heterocycles. The molecule has 0 saturated heterocycles. The second kappa shape index (κ2) is 2.60. The molecule has 0 spiro atoms. The number of hydrogen-bond donors (Lipinski definition) is 0. The Kier molecular flexibility index (Phi) is 1.80. The van der Waals surface area contributed by atoms with Gasteiger partial charge in [0.05, 0.1) is 19.2 Å². The van der Waals surface area contributed by atoms with Gasteiger partial charge in [0, 0.05) is 0 Å². The number of ether oxygens (including phenoxy) is 1. The Balaban J connectivity index is 3.06. The fraction of sp³-hybridized carbons (Fsp3) is 0.167. The highest BCUT2D eigenvalue weighted by atomic mass is 19.1. The maximum Gasteiger partial charge on any atom is 0.227 e. The number of methoxy groups -OCH3 is 1. The molecule has 0 aromatic carbocycles. The summed E-state index contributed by atoms with van der Waals surface area (Å²) in [5.74, 6) is -2.19. The van der Waals surface area contributed by atoms with Gasteiger partial charge in [0.2, 0.25) is 11.8 Å². The zero-order valence-electron chi connectivity index (χ0n) is 5.11. The van der Waals surface area contributed by atoms with Crippen LogP contribution in [-0.4, -0.2) is 12.1 Å². The third-order valence-electron chi connectivity index (χ3n) is 0.823. The normalized spacial score (nSPS) is 9.50. The SMILES string of the molecule is COc1[c]c(F)[c]c(F)n1. The lowest BCUT2D eigenvalue weighted by atomic mass is 10.4. The van der Waals surface area contributed by atoms with Crippen molar-refractivity contribution in [3.63, 3.8) is 0 Å². The van der Waals surface area contributed by atoms with E-state index >= 15 is 0 Å². The van der Waals surface area contributed by atoms with Crippen LogP contribution in [-0.2, 0) is 0 Å². The van der Waals surface area contributed by atoms with E-state index in [1.807, 2.05) is 6.07 Å². The molecule has 0 N–H and O–H groups in total. The molecule has 0 aliphatic rings. The van der Waals surface area contributed by atoms with Gasteiger partial charge in [-0.3, -0.25) is 0 Å². The summed E-state index contributed by atoms with van der Waals surface area (Å²) in [5, 5.41) is 0. The molecule has 0 fully saturated rings. The summed E-state index contributed by atoms with van der Waals surface area (Å²) in [5.41, 5.74) is 0. The summed E-state index contributed by atoms with van der Waals surface area (Å²) in [4.78, 5) is 3.11. The third kappa shape index (κ3) is 1.40. The van der Waals surface area contributed by atoms with Gasteiger partial charge in [-0.25, -0.2) is 4.39 Å². The summed E-state index contributed by atoms with van der Waals surface area (Å²) in [6.45, 7) is 0. The van der Waals surface area contributed by atoms with Crippen LogP contribution in [0.1, 0.15) is 0 Å². The van der Waals surface area contributed by atoms with Crippen molar-refractivity contribution in [1.82, 2.24) is 4.98 Å². The van der Waals surface area contributed by atoms with Crippen molar-refractivity contribution in [2.45, 2.75) is 0 Å². The van der Waals surface area contributed by atoms with Crippen LogP contribution in [0.5, 0.6) is 5.88 Å². The number of hydrogen-bond acceptors (Lipinski definition) is 2. The summed E-state index contributed by atoms with van der Waals surface area (Å²) < 4.78 is 28.7. The molecule has 2 nitrogen and oxygen atoms in total. The van der Waals surface area contributed by atoms with Crippen LogP contribution in [0, 0.1) is 23.9 Å². The minimum atomic E-state index is -1.03. The maximum absolute atomic E-state index is 12.1. The van der Waals surface area contributed by atoms with Crippen LogP contribution in [0.25, 0.3) is 0 Å². The van der Waals surface area contributed by atoms with E-state index in [9.17, 15) is 8.78 Å². The Morgan fingerprint density at radius 1 is 1.40 bits per heavy atom. The first-order chi connectivity index (χ1) is 4.72. The summed E-state index contributed by atoms with van der Waals surface area (Å²) in [6.07, 6.45) is 0. The van der Waals surface area contributed by atoms with Crippen LogP contribution in [0.15, 0.2) is 0 Å². The molecule has 1 rings (SSSR count). The van der Waals surface area contributed by atoms with Crippen molar-refractivity contribution >= 4 is 0 Å². The number of halogens is 2. The zero-order valence-corrected chi connectivity index (χ0v) is 5.11. The largest absolute Gasteiger partial charge is 0.480 e. The molecule has 4 heteroatoms. The molecule has 0 saturated carbocycles. The lowest BCUT2D eigenvalue weighted by Gasteiger charge is -1.95. The van der Waals surface area contributed by atoms with Crippen molar-refractivity contribution in [3.05, 3.63) is 23.9 Å². The highest BCUT2D eigenvalue weighted by molar-refractivity contribution is 5.08. The molecular formula is C6H3F2NO. The quantitative estimate of drug-likeness (QED) is 0.546. The molecular weight excluding hydrogens is 140 g/mol. The van der Waals surface area contributed by atoms with Gasteiger partial charge in [-0.2, -0.15) is 9.37 Å². The van der Waals surface area contributed by atoms with E-state index in [4.69, 9.17) is 0 Å². The van der Waals surface area contributed by atoms with Gasteiger partial charge >= 0.3 is 0 Å². The van der Waals surface area contributed by atoms with E-state index in [2.05, 4.69) is 9.72 Å². The van der Waals surface area contributed by atoms with Gasteiger partial charge in [-0.15, -0.1) is 0 Å². The standard InChI is InChI=1S/C6H3F2NO/c1-10-6-3-4(7)2-5(8)9-6/h1H3. The fourth-order valence-corrected chi connectivity index (χ4v) is 0.457. The molecule has 52 valence electrons. The van der Waals surface area contributed by atoms with E-state index in [0.29, 0.717) is 0 Å². The fourth-order valence-electron chi connectivity index (χ4n) is 0.457. The van der Waals surface area contributed by atoms with Gasteiger partial charge in [0.25, 0.3) is 0 Å². The molecule has 0 amide bonds. The molecule has 1 aromatic rings. The number of pyridine rings is 1. The van der Waals surface area contributed by atoms with E-state index in [-0.39, 0.29) is 5.88 Å². The van der Waals surface area contributed by atoms with Gasteiger partial charge < -0.3 is 4.74 Å². The molecule has 0 unspecified atom stereocenters. The molecule has 1 aromatic heterocycles.